The second-order valence-electron chi connectivity index (χ2n) is 6.64. The summed E-state index contributed by atoms with van der Waals surface area (Å²) < 4.78 is 3.63. The number of rotatable bonds is 6. The standard InChI is InChI=1S/C21H22N6/c1-17(19-6-10-21(11-7-19)27-16-22-15-24-27)25(2)14-18-4-8-20(9-5-18)26-13-3-12-23-26/h3-13,15-17H,14H2,1-2H3/t17-/m1/s1. The summed E-state index contributed by atoms with van der Waals surface area (Å²) in [6.07, 6.45) is 6.99. The Balaban J connectivity index is 1.42. The van der Waals surface area contributed by atoms with Crippen LogP contribution in [-0.4, -0.2) is 36.5 Å². The van der Waals surface area contributed by atoms with Gasteiger partial charge in [0.2, 0.25) is 0 Å². The summed E-state index contributed by atoms with van der Waals surface area (Å²) in [7, 11) is 2.15. The Hall–Kier alpha value is -3.25. The fraction of sp³-hybridized carbons (Fsp3) is 0.190. The number of benzene rings is 2. The number of aromatic nitrogens is 5. The highest BCUT2D eigenvalue weighted by molar-refractivity contribution is 5.35. The zero-order valence-electron chi connectivity index (χ0n) is 15.5. The molecule has 4 aromatic rings. The van der Waals surface area contributed by atoms with Crippen molar-refractivity contribution in [3.05, 3.63) is 90.8 Å². The zero-order chi connectivity index (χ0) is 18.6. The Morgan fingerprint density at radius 1 is 0.926 bits per heavy atom. The SMILES string of the molecule is C[C@H](c1ccc(-n2cncn2)cc1)N(C)Cc1ccc(-n2cccn2)cc1. The lowest BCUT2D eigenvalue weighted by molar-refractivity contribution is 0.253. The second-order valence-corrected chi connectivity index (χ2v) is 6.64. The molecule has 2 aromatic heterocycles. The first-order valence-corrected chi connectivity index (χ1v) is 8.95. The molecule has 2 aromatic carbocycles. The van der Waals surface area contributed by atoms with Crippen molar-refractivity contribution >= 4 is 0 Å². The predicted octanol–water partition coefficient (Wildman–Crippen LogP) is 3.65. The third-order valence-corrected chi connectivity index (χ3v) is 4.86. The van der Waals surface area contributed by atoms with E-state index in [1.807, 2.05) is 16.9 Å². The largest absolute Gasteiger partial charge is 0.295 e. The molecule has 27 heavy (non-hydrogen) atoms. The van der Waals surface area contributed by atoms with Crippen LogP contribution in [-0.2, 0) is 6.54 Å². The Kier molecular flexibility index (Phi) is 4.80. The van der Waals surface area contributed by atoms with Gasteiger partial charge in [-0.2, -0.15) is 10.2 Å². The molecule has 0 amide bonds. The van der Waals surface area contributed by atoms with E-state index in [0.29, 0.717) is 6.04 Å². The number of hydrogen-bond donors (Lipinski definition) is 0. The highest BCUT2D eigenvalue weighted by Crippen LogP contribution is 2.22. The average Bonchev–Trinajstić information content (AvgIpc) is 3.42. The Morgan fingerprint density at radius 2 is 1.63 bits per heavy atom. The molecular weight excluding hydrogens is 336 g/mol. The molecule has 4 rings (SSSR count). The van der Waals surface area contributed by atoms with Gasteiger partial charge < -0.3 is 0 Å². The van der Waals surface area contributed by atoms with Gasteiger partial charge in [-0.15, -0.1) is 0 Å². The molecule has 0 N–H and O–H groups in total. The molecule has 1 atom stereocenters. The average molecular weight is 358 g/mol. The molecule has 0 aliphatic rings. The number of hydrogen-bond acceptors (Lipinski definition) is 4. The van der Waals surface area contributed by atoms with E-state index < -0.39 is 0 Å². The molecule has 136 valence electrons. The van der Waals surface area contributed by atoms with Crippen LogP contribution < -0.4 is 0 Å². The molecular formula is C21H22N6. The third-order valence-electron chi connectivity index (χ3n) is 4.86. The van der Waals surface area contributed by atoms with Crippen LogP contribution in [0, 0.1) is 0 Å². The number of nitrogens with zero attached hydrogens (tertiary/aromatic N) is 6. The van der Waals surface area contributed by atoms with E-state index in [-0.39, 0.29) is 0 Å². The lowest BCUT2D eigenvalue weighted by Gasteiger charge is -2.25. The van der Waals surface area contributed by atoms with Crippen molar-refractivity contribution in [2.45, 2.75) is 19.5 Å². The van der Waals surface area contributed by atoms with Crippen LogP contribution in [0.3, 0.4) is 0 Å². The minimum absolute atomic E-state index is 0.306. The van der Waals surface area contributed by atoms with E-state index in [0.717, 1.165) is 17.9 Å². The summed E-state index contributed by atoms with van der Waals surface area (Å²) in [5.74, 6) is 0. The summed E-state index contributed by atoms with van der Waals surface area (Å²) in [4.78, 5) is 6.33. The zero-order valence-corrected chi connectivity index (χ0v) is 15.5. The third kappa shape index (κ3) is 3.80. The van der Waals surface area contributed by atoms with Gasteiger partial charge in [-0.05, 0) is 55.4 Å². The lowest BCUT2D eigenvalue weighted by atomic mass is 10.1. The van der Waals surface area contributed by atoms with Crippen LogP contribution in [0.25, 0.3) is 11.4 Å². The highest BCUT2D eigenvalue weighted by Gasteiger charge is 2.12. The molecule has 0 fully saturated rings. The first kappa shape index (κ1) is 17.2. The first-order valence-electron chi connectivity index (χ1n) is 8.95. The van der Waals surface area contributed by atoms with Crippen molar-refractivity contribution in [3.63, 3.8) is 0 Å². The summed E-state index contributed by atoms with van der Waals surface area (Å²) in [6, 6.07) is 19.2. The first-order chi connectivity index (χ1) is 13.2. The van der Waals surface area contributed by atoms with E-state index in [2.05, 4.69) is 82.6 Å². The van der Waals surface area contributed by atoms with E-state index in [9.17, 15) is 0 Å². The maximum Gasteiger partial charge on any atom is 0.138 e. The van der Waals surface area contributed by atoms with Crippen molar-refractivity contribution < 1.29 is 0 Å². The molecule has 0 saturated carbocycles. The Labute approximate surface area is 158 Å². The smallest absolute Gasteiger partial charge is 0.138 e. The minimum Gasteiger partial charge on any atom is -0.295 e. The highest BCUT2D eigenvalue weighted by atomic mass is 15.3. The maximum atomic E-state index is 4.27. The fourth-order valence-corrected chi connectivity index (χ4v) is 3.10. The van der Waals surface area contributed by atoms with Crippen LogP contribution in [0.2, 0.25) is 0 Å². The van der Waals surface area contributed by atoms with Gasteiger partial charge in [0.25, 0.3) is 0 Å². The van der Waals surface area contributed by atoms with Gasteiger partial charge in [0.05, 0.1) is 11.4 Å². The molecule has 0 bridgehead atoms. The monoisotopic (exact) mass is 358 g/mol. The molecule has 0 spiro atoms. The van der Waals surface area contributed by atoms with Gasteiger partial charge in [0, 0.05) is 25.0 Å². The lowest BCUT2D eigenvalue weighted by Crippen LogP contribution is -2.22. The van der Waals surface area contributed by atoms with Gasteiger partial charge in [-0.1, -0.05) is 24.3 Å². The van der Waals surface area contributed by atoms with E-state index >= 15 is 0 Å². The molecule has 6 nitrogen and oxygen atoms in total. The molecule has 6 heteroatoms. The normalized spacial score (nSPS) is 12.4. The van der Waals surface area contributed by atoms with Crippen LogP contribution >= 0.6 is 0 Å². The van der Waals surface area contributed by atoms with Gasteiger partial charge in [0.1, 0.15) is 12.7 Å². The van der Waals surface area contributed by atoms with E-state index in [1.165, 1.54) is 11.1 Å². The molecule has 0 aliphatic heterocycles. The summed E-state index contributed by atoms with van der Waals surface area (Å²) >= 11 is 0. The van der Waals surface area contributed by atoms with Crippen molar-refractivity contribution in [1.82, 2.24) is 29.4 Å². The Morgan fingerprint density at radius 3 is 2.26 bits per heavy atom. The summed E-state index contributed by atoms with van der Waals surface area (Å²) in [6.45, 7) is 3.11. The molecule has 0 aliphatic carbocycles. The van der Waals surface area contributed by atoms with Crippen molar-refractivity contribution in [1.29, 1.82) is 0 Å². The van der Waals surface area contributed by atoms with Crippen molar-refractivity contribution in [3.8, 4) is 11.4 Å². The molecule has 2 heterocycles. The van der Waals surface area contributed by atoms with Crippen LogP contribution in [0.1, 0.15) is 24.1 Å². The van der Waals surface area contributed by atoms with Crippen molar-refractivity contribution in [2.75, 3.05) is 7.05 Å². The minimum atomic E-state index is 0.306. The van der Waals surface area contributed by atoms with Gasteiger partial charge in [-0.3, -0.25) is 4.90 Å². The van der Waals surface area contributed by atoms with Crippen LogP contribution in [0.15, 0.2) is 79.6 Å². The van der Waals surface area contributed by atoms with E-state index in [1.54, 1.807) is 23.5 Å². The summed E-state index contributed by atoms with van der Waals surface area (Å²) in [5, 5.41) is 8.43. The molecule has 0 radical (unpaired) electrons. The van der Waals surface area contributed by atoms with E-state index in [4.69, 9.17) is 0 Å². The van der Waals surface area contributed by atoms with Crippen LogP contribution in [0.5, 0.6) is 0 Å². The van der Waals surface area contributed by atoms with Crippen molar-refractivity contribution in [2.24, 2.45) is 0 Å². The molecule has 0 unspecified atom stereocenters. The van der Waals surface area contributed by atoms with Gasteiger partial charge in [-0.25, -0.2) is 14.3 Å². The fourth-order valence-electron chi connectivity index (χ4n) is 3.10. The summed E-state index contributed by atoms with van der Waals surface area (Å²) in [5.41, 5.74) is 4.64. The maximum absolute atomic E-state index is 4.27. The molecule has 0 saturated heterocycles. The predicted molar refractivity (Wildman–Crippen MR) is 105 cm³/mol. The second kappa shape index (κ2) is 7.55. The van der Waals surface area contributed by atoms with Gasteiger partial charge >= 0.3 is 0 Å². The van der Waals surface area contributed by atoms with Crippen LogP contribution in [0.4, 0.5) is 0 Å². The Bertz CT molecular complexity index is 957. The topological polar surface area (TPSA) is 51.8 Å². The quantitative estimate of drug-likeness (QED) is 0.528. The van der Waals surface area contributed by atoms with Gasteiger partial charge in [0.15, 0.2) is 0 Å².